The molecule has 0 aliphatic carbocycles. The number of rotatable bonds is 5. The lowest BCUT2D eigenvalue weighted by Crippen LogP contribution is -2.17. The molecule has 0 saturated heterocycles. The van der Waals surface area contributed by atoms with Crippen LogP contribution in [0.15, 0.2) is 29.4 Å². The van der Waals surface area contributed by atoms with E-state index in [1.165, 1.54) is 0 Å². The van der Waals surface area contributed by atoms with Gasteiger partial charge in [-0.25, -0.2) is 4.79 Å². The van der Waals surface area contributed by atoms with Gasteiger partial charge in [0, 0.05) is 5.02 Å². The largest absolute Gasteiger partial charge is 0.388 e. The van der Waals surface area contributed by atoms with Crippen LogP contribution in [0.2, 0.25) is 5.02 Å². The molecule has 17 heavy (non-hydrogen) atoms. The predicted octanol–water partition coefficient (Wildman–Crippen LogP) is 1.08. The monoisotopic (exact) mass is 256 g/mol. The fourth-order valence-corrected chi connectivity index (χ4v) is 1.21. The first-order chi connectivity index (χ1) is 8.11. The highest BCUT2D eigenvalue weighted by molar-refractivity contribution is 6.30. The van der Waals surface area contributed by atoms with Gasteiger partial charge in [-0.15, -0.1) is 0 Å². The van der Waals surface area contributed by atoms with E-state index in [-0.39, 0.29) is 12.3 Å². The molecular formula is C11H13ClN2O3. The molecule has 0 aliphatic rings. The fourth-order valence-electron chi connectivity index (χ4n) is 1.08. The van der Waals surface area contributed by atoms with Gasteiger partial charge in [0.25, 0.3) is 0 Å². The lowest BCUT2D eigenvalue weighted by atomic mass is 10.1. The maximum atomic E-state index is 11.2. The first-order valence-electron chi connectivity index (χ1n) is 4.99. The highest BCUT2D eigenvalue weighted by Crippen LogP contribution is 2.11. The topological polar surface area (TPSA) is 84.9 Å². The number of hydrogen-bond donors (Lipinski definition) is 2. The standard InChI is InChI=1S/C11H13ClN2O3/c12-9-4-1-8(2-5-9)3-6-11(16)17-14-10(13)7-15/h1-2,4-5,15H,3,6-7H2,(H2,13,14). The smallest absolute Gasteiger partial charge is 0.335 e. The van der Waals surface area contributed by atoms with Gasteiger partial charge in [0.05, 0.1) is 6.42 Å². The van der Waals surface area contributed by atoms with E-state index < -0.39 is 12.6 Å². The number of hydrogen-bond acceptors (Lipinski definition) is 4. The quantitative estimate of drug-likeness (QED) is 0.357. The molecule has 92 valence electrons. The zero-order valence-electron chi connectivity index (χ0n) is 9.10. The van der Waals surface area contributed by atoms with E-state index in [1.807, 2.05) is 12.1 Å². The number of halogens is 1. The van der Waals surface area contributed by atoms with E-state index >= 15 is 0 Å². The summed E-state index contributed by atoms with van der Waals surface area (Å²) in [6, 6.07) is 7.18. The molecule has 0 bridgehead atoms. The lowest BCUT2D eigenvalue weighted by molar-refractivity contribution is -0.143. The molecule has 0 unspecified atom stereocenters. The number of carbonyl (C=O) groups is 1. The second-order valence-electron chi connectivity index (χ2n) is 3.33. The molecule has 5 nitrogen and oxygen atoms in total. The Labute approximate surface area is 104 Å². The SMILES string of the molecule is N/C(CO)=N\OC(=O)CCc1ccc(Cl)cc1. The molecule has 0 aliphatic heterocycles. The first kappa shape index (κ1) is 13.5. The van der Waals surface area contributed by atoms with Crippen LogP contribution in [0.5, 0.6) is 0 Å². The second kappa shape index (κ2) is 6.88. The Hall–Kier alpha value is -1.59. The normalized spacial score (nSPS) is 11.3. The highest BCUT2D eigenvalue weighted by atomic mass is 35.5. The van der Waals surface area contributed by atoms with Crippen LogP contribution >= 0.6 is 11.6 Å². The van der Waals surface area contributed by atoms with Gasteiger partial charge in [0.15, 0.2) is 5.84 Å². The third-order valence-corrected chi connectivity index (χ3v) is 2.21. The van der Waals surface area contributed by atoms with E-state index in [9.17, 15) is 4.79 Å². The van der Waals surface area contributed by atoms with Crippen molar-refractivity contribution in [3.63, 3.8) is 0 Å². The number of oxime groups is 1. The fraction of sp³-hybridized carbons (Fsp3) is 0.273. The maximum Gasteiger partial charge on any atom is 0.335 e. The van der Waals surface area contributed by atoms with Crippen LogP contribution in [-0.2, 0) is 16.1 Å². The van der Waals surface area contributed by atoms with E-state index in [2.05, 4.69) is 9.99 Å². The summed E-state index contributed by atoms with van der Waals surface area (Å²) in [5.41, 5.74) is 6.13. The number of amidine groups is 1. The van der Waals surface area contributed by atoms with Crippen molar-refractivity contribution in [1.29, 1.82) is 0 Å². The molecule has 0 radical (unpaired) electrons. The van der Waals surface area contributed by atoms with E-state index in [0.29, 0.717) is 11.4 Å². The molecule has 0 aromatic heterocycles. The Kier molecular flexibility index (Phi) is 5.45. The minimum absolute atomic E-state index is 0.134. The average molecular weight is 257 g/mol. The molecule has 0 atom stereocenters. The van der Waals surface area contributed by atoms with Gasteiger partial charge < -0.3 is 15.7 Å². The third kappa shape index (κ3) is 5.33. The van der Waals surface area contributed by atoms with Gasteiger partial charge in [-0.3, -0.25) is 0 Å². The van der Waals surface area contributed by atoms with Crippen molar-refractivity contribution in [1.82, 2.24) is 0 Å². The van der Waals surface area contributed by atoms with Crippen molar-refractivity contribution in [3.05, 3.63) is 34.9 Å². The van der Waals surface area contributed by atoms with Crippen molar-refractivity contribution >= 4 is 23.4 Å². The van der Waals surface area contributed by atoms with Gasteiger partial charge in [-0.1, -0.05) is 28.9 Å². The Morgan fingerprint density at radius 3 is 2.65 bits per heavy atom. The van der Waals surface area contributed by atoms with Crippen LogP contribution in [0.25, 0.3) is 0 Å². The highest BCUT2D eigenvalue weighted by Gasteiger charge is 2.04. The van der Waals surface area contributed by atoms with Gasteiger partial charge in [0.2, 0.25) is 0 Å². The van der Waals surface area contributed by atoms with Crippen molar-refractivity contribution in [2.45, 2.75) is 12.8 Å². The molecular weight excluding hydrogens is 244 g/mol. The Morgan fingerprint density at radius 1 is 1.41 bits per heavy atom. The Bertz CT molecular complexity index is 404. The zero-order valence-corrected chi connectivity index (χ0v) is 9.85. The molecule has 0 spiro atoms. The second-order valence-corrected chi connectivity index (χ2v) is 3.77. The summed E-state index contributed by atoms with van der Waals surface area (Å²) in [5.74, 6) is -0.638. The van der Waals surface area contributed by atoms with Gasteiger partial charge >= 0.3 is 5.97 Å². The summed E-state index contributed by atoms with van der Waals surface area (Å²) >= 11 is 5.73. The van der Waals surface area contributed by atoms with Gasteiger partial charge in [-0.05, 0) is 24.1 Å². The number of aliphatic hydroxyl groups excluding tert-OH is 1. The van der Waals surface area contributed by atoms with Crippen molar-refractivity contribution in [2.75, 3.05) is 6.61 Å². The number of aryl methyl sites for hydroxylation is 1. The minimum Gasteiger partial charge on any atom is -0.388 e. The zero-order chi connectivity index (χ0) is 12.7. The molecule has 0 heterocycles. The van der Waals surface area contributed by atoms with E-state index in [1.54, 1.807) is 12.1 Å². The number of aliphatic hydroxyl groups is 1. The number of benzene rings is 1. The van der Waals surface area contributed by atoms with Gasteiger partial charge in [0.1, 0.15) is 6.61 Å². The summed E-state index contributed by atoms with van der Waals surface area (Å²) in [6.07, 6.45) is 0.717. The minimum atomic E-state index is -0.503. The van der Waals surface area contributed by atoms with Crippen LogP contribution in [0.3, 0.4) is 0 Å². The number of nitrogens with zero attached hydrogens (tertiary/aromatic N) is 1. The molecule has 1 aromatic carbocycles. The summed E-state index contributed by atoms with van der Waals surface area (Å²) in [5, 5.41) is 12.4. The summed E-state index contributed by atoms with van der Waals surface area (Å²) < 4.78 is 0. The van der Waals surface area contributed by atoms with Crippen molar-refractivity contribution in [3.8, 4) is 0 Å². The maximum absolute atomic E-state index is 11.2. The lowest BCUT2D eigenvalue weighted by Gasteiger charge is -2.00. The Balaban J connectivity index is 2.36. The van der Waals surface area contributed by atoms with Crippen LogP contribution in [-0.4, -0.2) is 23.5 Å². The number of nitrogens with two attached hydrogens (primary N) is 1. The van der Waals surface area contributed by atoms with Crippen LogP contribution < -0.4 is 5.73 Å². The van der Waals surface area contributed by atoms with Crippen LogP contribution in [0.4, 0.5) is 0 Å². The molecule has 1 rings (SSSR count). The predicted molar refractivity (Wildman–Crippen MR) is 64.6 cm³/mol. The molecule has 1 aromatic rings. The average Bonchev–Trinajstić information content (AvgIpc) is 2.35. The molecule has 0 fully saturated rings. The molecule has 3 N–H and O–H groups in total. The van der Waals surface area contributed by atoms with Crippen LogP contribution in [0, 0.1) is 0 Å². The van der Waals surface area contributed by atoms with Gasteiger partial charge in [-0.2, -0.15) is 0 Å². The van der Waals surface area contributed by atoms with Crippen LogP contribution in [0.1, 0.15) is 12.0 Å². The molecule has 6 heteroatoms. The Morgan fingerprint density at radius 2 is 2.06 bits per heavy atom. The summed E-state index contributed by atoms with van der Waals surface area (Å²) in [7, 11) is 0. The molecule has 0 amide bonds. The van der Waals surface area contributed by atoms with Crippen molar-refractivity contribution in [2.24, 2.45) is 10.9 Å². The summed E-state index contributed by atoms with van der Waals surface area (Å²) in [6.45, 7) is -0.440. The summed E-state index contributed by atoms with van der Waals surface area (Å²) in [4.78, 5) is 15.7. The van der Waals surface area contributed by atoms with Crippen molar-refractivity contribution < 1.29 is 14.7 Å². The van der Waals surface area contributed by atoms with E-state index in [0.717, 1.165) is 5.56 Å². The molecule has 0 saturated carbocycles. The first-order valence-corrected chi connectivity index (χ1v) is 5.37. The third-order valence-electron chi connectivity index (χ3n) is 1.96. The number of carbonyl (C=O) groups excluding carboxylic acids is 1. The van der Waals surface area contributed by atoms with E-state index in [4.69, 9.17) is 22.4 Å².